The van der Waals surface area contributed by atoms with Gasteiger partial charge in [0.1, 0.15) is 5.75 Å². The van der Waals surface area contributed by atoms with Crippen LogP contribution in [0.3, 0.4) is 0 Å². The number of ketones is 1. The Kier molecular flexibility index (Phi) is 5.16. The maximum absolute atomic E-state index is 12.1. The maximum Gasteiger partial charge on any atom is 0.417 e. The van der Waals surface area contributed by atoms with Gasteiger partial charge in [0.25, 0.3) is 0 Å². The van der Waals surface area contributed by atoms with Gasteiger partial charge >= 0.3 is 6.09 Å². The number of amides is 1. The van der Waals surface area contributed by atoms with E-state index in [0.717, 1.165) is 11.1 Å². The molecule has 120 valence electrons. The molecule has 2 rings (SSSR count). The van der Waals surface area contributed by atoms with Crippen molar-refractivity contribution in [1.29, 1.82) is 0 Å². The zero-order valence-electron chi connectivity index (χ0n) is 13.8. The Labute approximate surface area is 136 Å². The molecule has 0 radical (unpaired) electrons. The number of nitrogens with one attached hydrogen (secondary N) is 1. The van der Waals surface area contributed by atoms with Crippen molar-refractivity contribution in [3.05, 3.63) is 59.2 Å². The van der Waals surface area contributed by atoms with Gasteiger partial charge < -0.3 is 4.74 Å². The van der Waals surface area contributed by atoms with Crippen molar-refractivity contribution in [2.75, 3.05) is 5.32 Å². The number of anilines is 1. The Bertz CT molecular complexity index is 721. The number of para-hydroxylation sites is 1. The van der Waals surface area contributed by atoms with Crippen LogP contribution in [-0.4, -0.2) is 11.9 Å². The van der Waals surface area contributed by atoms with Gasteiger partial charge in [0, 0.05) is 11.3 Å². The Morgan fingerprint density at radius 1 is 1.09 bits per heavy atom. The first-order valence-corrected chi connectivity index (χ1v) is 7.58. The summed E-state index contributed by atoms with van der Waals surface area (Å²) in [6.45, 7) is 7.37. The summed E-state index contributed by atoms with van der Waals surface area (Å²) in [5.74, 6) is 0.619. The van der Waals surface area contributed by atoms with Gasteiger partial charge in [0.15, 0.2) is 5.78 Å². The lowest BCUT2D eigenvalue weighted by Crippen LogP contribution is -2.18. The Hall–Kier alpha value is -2.62. The molecule has 4 nitrogen and oxygen atoms in total. The van der Waals surface area contributed by atoms with Crippen LogP contribution < -0.4 is 10.1 Å². The molecule has 0 aromatic heterocycles. The number of Topliss-reactive ketones (excluding diaryl/α,β-unsaturated/α-hetero) is 1. The first kappa shape index (κ1) is 16.7. The number of carbonyl (C=O) groups is 2. The monoisotopic (exact) mass is 311 g/mol. The summed E-state index contributed by atoms with van der Waals surface area (Å²) in [7, 11) is 0. The number of aryl methyl sites for hydroxylation is 1. The van der Waals surface area contributed by atoms with Gasteiger partial charge in [-0.15, -0.1) is 0 Å². The van der Waals surface area contributed by atoms with E-state index in [2.05, 4.69) is 5.32 Å². The summed E-state index contributed by atoms with van der Waals surface area (Å²) in [6.07, 6.45) is -0.548. The predicted molar refractivity (Wildman–Crippen MR) is 91.4 cm³/mol. The second-order valence-corrected chi connectivity index (χ2v) is 5.80. The molecular weight excluding hydrogens is 290 g/mol. The van der Waals surface area contributed by atoms with Crippen LogP contribution in [0.1, 0.15) is 48.2 Å². The second-order valence-electron chi connectivity index (χ2n) is 5.80. The SMILES string of the molecule is CC(=O)c1cc(C(C)C)c(OC(=O)Nc2ccccc2)cc1C. The minimum absolute atomic E-state index is 0.00434. The molecule has 23 heavy (non-hydrogen) atoms. The highest BCUT2D eigenvalue weighted by Gasteiger charge is 2.16. The number of ether oxygens (including phenoxy) is 1. The molecule has 0 aliphatic carbocycles. The summed E-state index contributed by atoms with van der Waals surface area (Å²) in [5.41, 5.74) is 2.96. The quantitative estimate of drug-likeness (QED) is 0.814. The number of carbonyl (C=O) groups excluding carboxylic acids is 2. The first-order valence-electron chi connectivity index (χ1n) is 7.58. The number of hydrogen-bond donors (Lipinski definition) is 1. The van der Waals surface area contributed by atoms with Crippen LogP contribution in [0.5, 0.6) is 5.75 Å². The fourth-order valence-electron chi connectivity index (χ4n) is 2.38. The molecule has 0 aliphatic rings. The van der Waals surface area contributed by atoms with E-state index in [4.69, 9.17) is 4.74 Å². The van der Waals surface area contributed by atoms with Gasteiger partial charge in [-0.2, -0.15) is 0 Å². The van der Waals surface area contributed by atoms with Crippen LogP contribution in [0, 0.1) is 6.92 Å². The van der Waals surface area contributed by atoms with Crippen LogP contribution in [0.25, 0.3) is 0 Å². The molecule has 0 spiro atoms. The molecule has 0 fully saturated rings. The highest BCUT2D eigenvalue weighted by molar-refractivity contribution is 5.96. The van der Waals surface area contributed by atoms with Gasteiger partial charge in [-0.05, 0) is 55.2 Å². The van der Waals surface area contributed by atoms with Gasteiger partial charge in [-0.25, -0.2) is 4.79 Å². The molecule has 4 heteroatoms. The summed E-state index contributed by atoms with van der Waals surface area (Å²) in [4.78, 5) is 23.8. The van der Waals surface area contributed by atoms with E-state index in [9.17, 15) is 9.59 Å². The predicted octanol–water partition coefficient (Wildman–Crippen LogP) is 4.93. The standard InChI is InChI=1S/C19H21NO3/c1-12(2)16-11-17(14(4)21)13(3)10-18(16)23-19(22)20-15-8-6-5-7-9-15/h5-12H,1-4H3,(H,20,22). The van der Waals surface area contributed by atoms with Gasteiger partial charge in [-0.3, -0.25) is 10.1 Å². The first-order chi connectivity index (χ1) is 10.9. The highest BCUT2D eigenvalue weighted by atomic mass is 16.6. The fraction of sp³-hybridized carbons (Fsp3) is 0.263. The molecule has 2 aromatic carbocycles. The van der Waals surface area contributed by atoms with Crippen LogP contribution in [-0.2, 0) is 0 Å². The van der Waals surface area contributed by atoms with Crippen LogP contribution >= 0.6 is 0 Å². The number of hydrogen-bond acceptors (Lipinski definition) is 3. The highest BCUT2D eigenvalue weighted by Crippen LogP contribution is 2.30. The van der Waals surface area contributed by atoms with E-state index in [1.54, 1.807) is 18.2 Å². The Balaban J connectivity index is 2.26. The van der Waals surface area contributed by atoms with Crippen LogP contribution in [0.15, 0.2) is 42.5 Å². The fourth-order valence-corrected chi connectivity index (χ4v) is 2.38. The lowest BCUT2D eigenvalue weighted by atomic mass is 9.95. The Morgan fingerprint density at radius 2 is 1.74 bits per heavy atom. The van der Waals surface area contributed by atoms with Gasteiger partial charge in [0.05, 0.1) is 0 Å². The minimum atomic E-state index is -0.548. The zero-order valence-corrected chi connectivity index (χ0v) is 13.8. The average molecular weight is 311 g/mol. The van der Waals surface area contributed by atoms with Crippen molar-refractivity contribution >= 4 is 17.6 Å². The molecule has 0 saturated carbocycles. The normalized spacial score (nSPS) is 10.5. The topological polar surface area (TPSA) is 55.4 Å². The smallest absolute Gasteiger partial charge is 0.410 e. The third-order valence-electron chi connectivity index (χ3n) is 3.58. The van der Waals surface area contributed by atoms with Crippen molar-refractivity contribution in [3.63, 3.8) is 0 Å². The van der Waals surface area contributed by atoms with Crippen LogP contribution in [0.4, 0.5) is 10.5 Å². The summed E-state index contributed by atoms with van der Waals surface area (Å²) < 4.78 is 5.46. The summed E-state index contributed by atoms with van der Waals surface area (Å²) in [5, 5.41) is 2.69. The third-order valence-corrected chi connectivity index (χ3v) is 3.58. The van der Waals surface area contributed by atoms with Crippen molar-refractivity contribution in [2.24, 2.45) is 0 Å². The molecule has 0 atom stereocenters. The van der Waals surface area contributed by atoms with E-state index in [1.807, 2.05) is 45.0 Å². The summed E-state index contributed by atoms with van der Waals surface area (Å²) in [6, 6.07) is 12.7. The molecule has 0 bridgehead atoms. The van der Waals surface area contributed by atoms with Crippen molar-refractivity contribution < 1.29 is 14.3 Å². The number of benzene rings is 2. The van der Waals surface area contributed by atoms with Crippen LogP contribution in [0.2, 0.25) is 0 Å². The Morgan fingerprint density at radius 3 is 2.30 bits per heavy atom. The average Bonchev–Trinajstić information content (AvgIpc) is 2.47. The number of rotatable bonds is 4. The molecule has 0 unspecified atom stereocenters. The molecule has 1 amide bonds. The molecule has 0 heterocycles. The van der Waals surface area contributed by atoms with Gasteiger partial charge in [0.2, 0.25) is 0 Å². The summed E-state index contributed by atoms with van der Waals surface area (Å²) >= 11 is 0. The second kappa shape index (κ2) is 7.09. The lowest BCUT2D eigenvalue weighted by molar-refractivity contribution is 0.101. The van der Waals surface area contributed by atoms with E-state index < -0.39 is 6.09 Å². The maximum atomic E-state index is 12.1. The molecule has 0 saturated heterocycles. The van der Waals surface area contributed by atoms with E-state index in [1.165, 1.54) is 6.92 Å². The van der Waals surface area contributed by atoms with E-state index in [-0.39, 0.29) is 11.7 Å². The minimum Gasteiger partial charge on any atom is -0.410 e. The molecule has 2 aromatic rings. The lowest BCUT2D eigenvalue weighted by Gasteiger charge is -2.16. The van der Waals surface area contributed by atoms with Crippen molar-refractivity contribution in [3.8, 4) is 5.75 Å². The molecule has 0 aliphatic heterocycles. The largest absolute Gasteiger partial charge is 0.417 e. The van der Waals surface area contributed by atoms with Crippen molar-refractivity contribution in [1.82, 2.24) is 0 Å². The third kappa shape index (κ3) is 4.19. The van der Waals surface area contributed by atoms with Gasteiger partial charge in [-0.1, -0.05) is 32.0 Å². The van der Waals surface area contributed by atoms with E-state index >= 15 is 0 Å². The zero-order chi connectivity index (χ0) is 17.0. The molecular formula is C19H21NO3. The molecule has 1 N–H and O–H groups in total. The van der Waals surface area contributed by atoms with E-state index in [0.29, 0.717) is 17.0 Å². The van der Waals surface area contributed by atoms with Crippen molar-refractivity contribution in [2.45, 2.75) is 33.6 Å².